The average Bonchev–Trinajstić information content (AvgIpc) is 2.48. The quantitative estimate of drug-likeness (QED) is 0.844. The van der Waals surface area contributed by atoms with Gasteiger partial charge in [-0.3, -0.25) is 0 Å². The van der Waals surface area contributed by atoms with Crippen molar-refractivity contribution in [2.75, 3.05) is 13.2 Å². The van der Waals surface area contributed by atoms with Gasteiger partial charge in [0.1, 0.15) is 0 Å². The minimum absolute atomic E-state index is 0.0520. The number of nitrogens with one attached hydrogen (secondary N) is 1. The van der Waals surface area contributed by atoms with Crippen LogP contribution >= 0.6 is 0 Å². The molecule has 3 rings (SSSR count). The van der Waals surface area contributed by atoms with Gasteiger partial charge in [0.25, 0.3) is 0 Å². The molecule has 1 spiro atoms. The van der Waals surface area contributed by atoms with E-state index >= 15 is 0 Å². The summed E-state index contributed by atoms with van der Waals surface area (Å²) < 4.78 is 44.2. The van der Waals surface area contributed by atoms with Crippen LogP contribution in [-0.2, 0) is 10.9 Å². The lowest BCUT2D eigenvalue weighted by atomic mass is 9.81. The molecule has 1 aromatic rings. The summed E-state index contributed by atoms with van der Waals surface area (Å²) in [7, 11) is 0. The number of alkyl halides is 3. The van der Waals surface area contributed by atoms with Crippen molar-refractivity contribution < 1.29 is 17.9 Å². The van der Waals surface area contributed by atoms with Gasteiger partial charge in [0, 0.05) is 12.1 Å². The molecular formula is C16H20F3NO. The van der Waals surface area contributed by atoms with Crippen molar-refractivity contribution in [1.29, 1.82) is 0 Å². The molecule has 5 heteroatoms. The van der Waals surface area contributed by atoms with Crippen LogP contribution < -0.4 is 5.32 Å². The largest absolute Gasteiger partial charge is 0.416 e. The number of halogens is 3. The highest BCUT2D eigenvalue weighted by Gasteiger charge is 2.37. The number of hydrogen-bond donors (Lipinski definition) is 1. The van der Waals surface area contributed by atoms with Gasteiger partial charge in [0.15, 0.2) is 0 Å². The Labute approximate surface area is 122 Å². The van der Waals surface area contributed by atoms with Crippen LogP contribution in [0.15, 0.2) is 24.3 Å². The molecule has 2 aliphatic rings. The normalized spacial score (nSPS) is 26.0. The van der Waals surface area contributed by atoms with Gasteiger partial charge in [-0.2, -0.15) is 13.2 Å². The van der Waals surface area contributed by atoms with E-state index < -0.39 is 11.7 Å². The third-order valence-corrected chi connectivity index (χ3v) is 4.62. The first-order chi connectivity index (χ1) is 9.99. The van der Waals surface area contributed by atoms with Crippen molar-refractivity contribution in [2.45, 2.75) is 49.9 Å². The fraction of sp³-hybridized carbons (Fsp3) is 0.625. The zero-order valence-electron chi connectivity index (χ0n) is 11.9. The minimum Gasteiger partial charge on any atom is -0.370 e. The molecule has 1 atom stereocenters. The Morgan fingerprint density at radius 1 is 1.14 bits per heavy atom. The molecule has 1 heterocycles. The highest BCUT2D eigenvalue weighted by Crippen LogP contribution is 2.35. The summed E-state index contributed by atoms with van der Waals surface area (Å²) in [6, 6.07) is 5.46. The van der Waals surface area contributed by atoms with E-state index in [1.165, 1.54) is 31.4 Å². The second-order valence-electron chi connectivity index (χ2n) is 6.14. The van der Waals surface area contributed by atoms with Crippen molar-refractivity contribution in [3.05, 3.63) is 35.4 Å². The lowest BCUT2D eigenvalue weighted by molar-refractivity contribution is -0.137. The van der Waals surface area contributed by atoms with Crippen molar-refractivity contribution in [3.8, 4) is 0 Å². The van der Waals surface area contributed by atoms with Gasteiger partial charge < -0.3 is 10.1 Å². The molecule has 1 N–H and O–H groups in total. The molecule has 0 amide bonds. The minimum atomic E-state index is -4.30. The van der Waals surface area contributed by atoms with E-state index in [0.29, 0.717) is 18.7 Å². The van der Waals surface area contributed by atoms with Crippen molar-refractivity contribution in [2.24, 2.45) is 0 Å². The summed E-state index contributed by atoms with van der Waals surface area (Å²) in [5.41, 5.74) is 0.0423. The molecule has 1 aromatic carbocycles. The Bertz CT molecular complexity index is 485. The number of benzene rings is 1. The average molecular weight is 299 g/mol. The van der Waals surface area contributed by atoms with E-state index in [9.17, 15) is 13.2 Å². The first-order valence-electron chi connectivity index (χ1n) is 7.52. The molecule has 21 heavy (non-hydrogen) atoms. The van der Waals surface area contributed by atoms with Crippen LogP contribution in [0.1, 0.15) is 49.3 Å². The third-order valence-electron chi connectivity index (χ3n) is 4.62. The monoisotopic (exact) mass is 299 g/mol. The molecule has 1 aliphatic carbocycles. The maximum absolute atomic E-state index is 12.8. The van der Waals surface area contributed by atoms with E-state index in [0.717, 1.165) is 18.9 Å². The van der Waals surface area contributed by atoms with E-state index in [1.54, 1.807) is 6.07 Å². The molecular weight excluding hydrogens is 279 g/mol. The molecule has 0 aromatic heterocycles. The van der Waals surface area contributed by atoms with Crippen LogP contribution in [0.2, 0.25) is 0 Å². The van der Waals surface area contributed by atoms with E-state index in [2.05, 4.69) is 5.32 Å². The molecule has 1 unspecified atom stereocenters. The van der Waals surface area contributed by atoms with E-state index in [1.807, 2.05) is 0 Å². The van der Waals surface area contributed by atoms with Crippen LogP contribution in [-0.4, -0.2) is 18.7 Å². The van der Waals surface area contributed by atoms with Gasteiger partial charge in [0.2, 0.25) is 0 Å². The van der Waals surface area contributed by atoms with Gasteiger partial charge in [-0.05, 0) is 30.5 Å². The van der Waals surface area contributed by atoms with E-state index in [-0.39, 0.29) is 11.6 Å². The van der Waals surface area contributed by atoms with Gasteiger partial charge in [-0.15, -0.1) is 0 Å². The lowest BCUT2D eigenvalue weighted by Crippen LogP contribution is -2.55. The molecule has 0 bridgehead atoms. The highest BCUT2D eigenvalue weighted by atomic mass is 19.4. The van der Waals surface area contributed by atoms with Gasteiger partial charge in [0.05, 0.1) is 18.3 Å². The zero-order chi connectivity index (χ0) is 14.9. The number of morpholine rings is 1. The second kappa shape index (κ2) is 5.61. The Balaban J connectivity index is 1.69. The lowest BCUT2D eigenvalue weighted by Gasteiger charge is -2.44. The summed E-state index contributed by atoms with van der Waals surface area (Å²) in [4.78, 5) is 0. The van der Waals surface area contributed by atoms with Crippen LogP contribution in [0.5, 0.6) is 0 Å². The standard InChI is InChI=1S/C16H20F3NO/c17-16(18,19)13-6-4-5-12(9-13)14-10-20-15(11-21-14)7-2-1-3-8-15/h4-6,9,14,20H,1-3,7-8,10-11H2. The van der Waals surface area contributed by atoms with Crippen molar-refractivity contribution >= 4 is 0 Å². The topological polar surface area (TPSA) is 21.3 Å². The Morgan fingerprint density at radius 3 is 2.52 bits per heavy atom. The first-order valence-corrected chi connectivity index (χ1v) is 7.52. The first kappa shape index (κ1) is 14.9. The van der Waals surface area contributed by atoms with Crippen LogP contribution in [0.4, 0.5) is 13.2 Å². The summed E-state index contributed by atoms with van der Waals surface area (Å²) in [6.45, 7) is 1.18. The number of rotatable bonds is 1. The highest BCUT2D eigenvalue weighted by molar-refractivity contribution is 5.28. The fourth-order valence-corrected chi connectivity index (χ4v) is 3.36. The fourth-order valence-electron chi connectivity index (χ4n) is 3.36. The summed E-state index contributed by atoms with van der Waals surface area (Å²) >= 11 is 0. The van der Waals surface area contributed by atoms with Gasteiger partial charge >= 0.3 is 6.18 Å². The molecule has 2 nitrogen and oxygen atoms in total. The maximum Gasteiger partial charge on any atom is 0.416 e. The molecule has 116 valence electrons. The second-order valence-corrected chi connectivity index (χ2v) is 6.14. The summed E-state index contributed by atoms with van der Waals surface area (Å²) in [5.74, 6) is 0. The van der Waals surface area contributed by atoms with Crippen LogP contribution in [0.25, 0.3) is 0 Å². The maximum atomic E-state index is 12.8. The van der Waals surface area contributed by atoms with Gasteiger partial charge in [-0.25, -0.2) is 0 Å². The number of hydrogen-bond acceptors (Lipinski definition) is 2. The van der Waals surface area contributed by atoms with Crippen LogP contribution in [0, 0.1) is 0 Å². The predicted octanol–water partition coefficient (Wildman–Crippen LogP) is 4.07. The Kier molecular flexibility index (Phi) is 3.97. The predicted molar refractivity (Wildman–Crippen MR) is 74.0 cm³/mol. The Hall–Kier alpha value is -1.07. The van der Waals surface area contributed by atoms with Gasteiger partial charge in [-0.1, -0.05) is 31.4 Å². The number of ether oxygens (including phenoxy) is 1. The third kappa shape index (κ3) is 3.24. The molecule has 1 saturated heterocycles. The summed E-state index contributed by atoms with van der Waals surface area (Å²) in [6.07, 6.45) is 1.27. The van der Waals surface area contributed by atoms with Crippen LogP contribution in [0.3, 0.4) is 0 Å². The molecule has 2 fully saturated rings. The molecule has 1 saturated carbocycles. The van der Waals surface area contributed by atoms with Crippen molar-refractivity contribution in [1.82, 2.24) is 5.32 Å². The SMILES string of the molecule is FC(F)(F)c1cccc(C2CNC3(CCCCC3)CO2)c1. The smallest absolute Gasteiger partial charge is 0.370 e. The molecule has 0 radical (unpaired) electrons. The molecule has 1 aliphatic heterocycles. The van der Waals surface area contributed by atoms with E-state index in [4.69, 9.17) is 4.74 Å². The Morgan fingerprint density at radius 2 is 1.90 bits per heavy atom. The van der Waals surface area contributed by atoms with Crippen molar-refractivity contribution in [3.63, 3.8) is 0 Å². The zero-order valence-corrected chi connectivity index (χ0v) is 11.9. The summed E-state index contributed by atoms with van der Waals surface area (Å²) in [5, 5.41) is 3.53.